The van der Waals surface area contributed by atoms with Crippen LogP contribution in [0.1, 0.15) is 44.2 Å². The molecule has 0 saturated heterocycles. The van der Waals surface area contributed by atoms with E-state index in [9.17, 15) is 0 Å². The van der Waals surface area contributed by atoms with E-state index < -0.39 is 0 Å². The number of halogens is 1. The zero-order valence-corrected chi connectivity index (χ0v) is 12.6. The van der Waals surface area contributed by atoms with Crippen LogP contribution in [0.5, 0.6) is 0 Å². The molecule has 1 aromatic rings. The molecule has 2 fully saturated rings. The van der Waals surface area contributed by atoms with Gasteiger partial charge in [0, 0.05) is 18.6 Å². The highest BCUT2D eigenvalue weighted by Gasteiger charge is 2.34. The smallest absolute Gasteiger partial charge is 0.0642 e. The van der Waals surface area contributed by atoms with Gasteiger partial charge in [0.25, 0.3) is 0 Å². The van der Waals surface area contributed by atoms with Crippen LogP contribution >= 0.6 is 11.6 Å². The lowest BCUT2D eigenvalue weighted by Crippen LogP contribution is -2.28. The van der Waals surface area contributed by atoms with Gasteiger partial charge in [0.1, 0.15) is 0 Å². The maximum Gasteiger partial charge on any atom is 0.0642 e. The van der Waals surface area contributed by atoms with Crippen molar-refractivity contribution in [1.29, 1.82) is 0 Å². The van der Waals surface area contributed by atoms with Gasteiger partial charge in [-0.05, 0) is 63.3 Å². The molecular formula is C16H23ClN2. The van der Waals surface area contributed by atoms with Gasteiger partial charge >= 0.3 is 0 Å². The lowest BCUT2D eigenvalue weighted by atomic mass is 10.1. The number of hydrogen-bond donors (Lipinski definition) is 1. The van der Waals surface area contributed by atoms with Crippen LogP contribution in [0.15, 0.2) is 18.2 Å². The van der Waals surface area contributed by atoms with Gasteiger partial charge in [-0.25, -0.2) is 0 Å². The highest BCUT2D eigenvalue weighted by molar-refractivity contribution is 6.33. The van der Waals surface area contributed by atoms with Crippen LogP contribution in [-0.4, -0.2) is 19.6 Å². The quantitative estimate of drug-likeness (QED) is 0.846. The van der Waals surface area contributed by atoms with Gasteiger partial charge in [-0.15, -0.1) is 0 Å². The number of nitrogens with one attached hydrogen (secondary N) is 1. The van der Waals surface area contributed by atoms with E-state index in [2.05, 4.69) is 35.3 Å². The molecular weight excluding hydrogens is 256 g/mol. The van der Waals surface area contributed by atoms with Gasteiger partial charge in [0.2, 0.25) is 0 Å². The van der Waals surface area contributed by atoms with Crippen molar-refractivity contribution in [1.82, 2.24) is 5.32 Å². The molecule has 0 bridgehead atoms. The molecule has 1 unspecified atom stereocenters. The normalized spacial score (nSPS) is 20.4. The van der Waals surface area contributed by atoms with Gasteiger partial charge < -0.3 is 10.2 Å². The molecule has 1 atom stereocenters. The fourth-order valence-electron chi connectivity index (χ4n) is 2.60. The third kappa shape index (κ3) is 3.06. The Hall–Kier alpha value is -0.730. The first-order chi connectivity index (χ1) is 9.19. The summed E-state index contributed by atoms with van der Waals surface area (Å²) in [4.78, 5) is 2.55. The molecule has 19 heavy (non-hydrogen) atoms. The Bertz CT molecular complexity index is 452. The van der Waals surface area contributed by atoms with Crippen molar-refractivity contribution < 1.29 is 0 Å². The van der Waals surface area contributed by atoms with Crippen LogP contribution in [0.3, 0.4) is 0 Å². The molecule has 2 nitrogen and oxygen atoms in total. The van der Waals surface area contributed by atoms with Crippen LogP contribution in [0, 0.1) is 5.92 Å². The summed E-state index contributed by atoms with van der Waals surface area (Å²) in [6.07, 6.45) is 5.46. The first-order valence-electron chi connectivity index (χ1n) is 7.42. The second kappa shape index (κ2) is 5.34. The monoisotopic (exact) mass is 278 g/mol. The zero-order chi connectivity index (χ0) is 13.4. The Kier molecular flexibility index (Phi) is 3.72. The summed E-state index contributed by atoms with van der Waals surface area (Å²) in [5.74, 6) is 0.910. The minimum atomic E-state index is 0.351. The number of rotatable bonds is 6. The van der Waals surface area contributed by atoms with Crippen LogP contribution in [0.4, 0.5) is 5.69 Å². The average Bonchev–Trinajstić information content (AvgIpc) is 3.28. The molecule has 2 aliphatic rings. The van der Waals surface area contributed by atoms with Crippen molar-refractivity contribution in [2.24, 2.45) is 5.92 Å². The van der Waals surface area contributed by atoms with E-state index in [4.69, 9.17) is 11.6 Å². The standard InChI is InChI=1S/C16H23ClN2/c1-11(18-2)13-5-8-16(15(17)9-13)19(14-6-7-14)10-12-3-4-12/h5,8-9,11-12,14,18H,3-4,6-7,10H2,1-2H3. The summed E-state index contributed by atoms with van der Waals surface area (Å²) < 4.78 is 0. The molecule has 0 aliphatic heterocycles. The second-order valence-corrected chi connectivity index (χ2v) is 6.46. The highest BCUT2D eigenvalue weighted by Crippen LogP contribution is 2.40. The number of nitrogens with zero attached hydrogens (tertiary/aromatic N) is 1. The fourth-order valence-corrected chi connectivity index (χ4v) is 2.90. The maximum absolute atomic E-state index is 6.53. The largest absolute Gasteiger partial charge is 0.367 e. The molecule has 0 radical (unpaired) electrons. The molecule has 0 amide bonds. The van der Waals surface area contributed by atoms with E-state index in [1.807, 2.05) is 7.05 Å². The molecule has 3 rings (SSSR count). The summed E-state index contributed by atoms with van der Waals surface area (Å²) in [6.45, 7) is 3.36. The fraction of sp³-hybridized carbons (Fsp3) is 0.625. The molecule has 0 spiro atoms. The maximum atomic E-state index is 6.53. The predicted octanol–water partition coefficient (Wildman–Crippen LogP) is 4.00. The van der Waals surface area contributed by atoms with E-state index in [-0.39, 0.29) is 0 Å². The Morgan fingerprint density at radius 1 is 1.32 bits per heavy atom. The molecule has 0 aromatic heterocycles. The topological polar surface area (TPSA) is 15.3 Å². The average molecular weight is 279 g/mol. The van der Waals surface area contributed by atoms with E-state index >= 15 is 0 Å². The van der Waals surface area contributed by atoms with Crippen molar-refractivity contribution >= 4 is 17.3 Å². The van der Waals surface area contributed by atoms with Crippen molar-refractivity contribution in [3.8, 4) is 0 Å². The number of anilines is 1. The third-order valence-corrected chi connectivity index (χ3v) is 4.66. The summed E-state index contributed by atoms with van der Waals surface area (Å²) in [7, 11) is 1.98. The predicted molar refractivity (Wildman–Crippen MR) is 82.0 cm³/mol. The first-order valence-corrected chi connectivity index (χ1v) is 7.80. The Labute approximate surface area is 121 Å². The minimum absolute atomic E-state index is 0.351. The minimum Gasteiger partial charge on any atom is -0.367 e. The third-order valence-electron chi connectivity index (χ3n) is 4.35. The van der Waals surface area contributed by atoms with Crippen molar-refractivity contribution in [3.05, 3.63) is 28.8 Å². The summed E-state index contributed by atoms with van der Waals surface area (Å²) >= 11 is 6.53. The molecule has 104 valence electrons. The van der Waals surface area contributed by atoms with Crippen molar-refractivity contribution in [3.63, 3.8) is 0 Å². The van der Waals surface area contributed by atoms with Gasteiger partial charge in [-0.1, -0.05) is 17.7 Å². The Balaban J connectivity index is 1.81. The number of benzene rings is 1. The van der Waals surface area contributed by atoms with E-state index in [0.29, 0.717) is 6.04 Å². The van der Waals surface area contributed by atoms with E-state index in [0.717, 1.165) is 17.0 Å². The Morgan fingerprint density at radius 3 is 2.58 bits per heavy atom. The van der Waals surface area contributed by atoms with Crippen LogP contribution in [0.25, 0.3) is 0 Å². The van der Waals surface area contributed by atoms with Gasteiger partial charge in [0.05, 0.1) is 10.7 Å². The number of hydrogen-bond acceptors (Lipinski definition) is 2. The lowest BCUT2D eigenvalue weighted by molar-refractivity contribution is 0.652. The van der Waals surface area contributed by atoms with Crippen LogP contribution in [-0.2, 0) is 0 Å². The SMILES string of the molecule is CNC(C)c1ccc(N(CC2CC2)C2CC2)c(Cl)c1. The summed E-state index contributed by atoms with van der Waals surface area (Å²) in [6, 6.07) is 7.65. The highest BCUT2D eigenvalue weighted by atomic mass is 35.5. The molecule has 1 N–H and O–H groups in total. The van der Waals surface area contributed by atoms with E-state index in [1.54, 1.807) is 0 Å². The second-order valence-electron chi connectivity index (χ2n) is 6.05. The van der Waals surface area contributed by atoms with Gasteiger partial charge in [-0.2, -0.15) is 0 Å². The molecule has 2 saturated carbocycles. The van der Waals surface area contributed by atoms with Crippen LogP contribution < -0.4 is 10.2 Å². The molecule has 1 aromatic carbocycles. The van der Waals surface area contributed by atoms with Gasteiger partial charge in [0.15, 0.2) is 0 Å². The molecule has 0 heterocycles. The molecule has 2 aliphatic carbocycles. The summed E-state index contributed by atoms with van der Waals surface area (Å²) in [5, 5.41) is 4.17. The zero-order valence-electron chi connectivity index (χ0n) is 11.8. The molecule has 3 heteroatoms. The van der Waals surface area contributed by atoms with Gasteiger partial charge in [-0.3, -0.25) is 0 Å². The summed E-state index contributed by atoms with van der Waals surface area (Å²) in [5.41, 5.74) is 2.50. The van der Waals surface area contributed by atoms with Crippen molar-refractivity contribution in [2.45, 2.75) is 44.7 Å². The van der Waals surface area contributed by atoms with Crippen LogP contribution in [0.2, 0.25) is 5.02 Å². The Morgan fingerprint density at radius 2 is 2.05 bits per heavy atom. The van der Waals surface area contributed by atoms with Crippen molar-refractivity contribution in [2.75, 3.05) is 18.5 Å². The van der Waals surface area contributed by atoms with E-state index in [1.165, 1.54) is 43.5 Å². The first kappa shape index (κ1) is 13.3. The lowest BCUT2D eigenvalue weighted by Gasteiger charge is -2.26.